The number of nitrogens with one attached hydrogen (secondary N) is 1. The fourth-order valence-electron chi connectivity index (χ4n) is 1.93. The van der Waals surface area contributed by atoms with Crippen molar-refractivity contribution in [1.82, 2.24) is 5.32 Å². The first-order chi connectivity index (χ1) is 10.4. The molecule has 2 heterocycles. The van der Waals surface area contributed by atoms with E-state index in [0.29, 0.717) is 32.5 Å². The minimum atomic E-state index is -0.563. The maximum atomic E-state index is 11.3. The summed E-state index contributed by atoms with van der Waals surface area (Å²) in [6, 6.07) is -0.910. The Morgan fingerprint density at radius 3 is 2.23 bits per heavy atom. The molecule has 0 saturated carbocycles. The molecule has 0 aromatic rings. The Bertz CT molecular complexity index is 437. The zero-order valence-electron chi connectivity index (χ0n) is 12.6. The van der Waals surface area contributed by atoms with E-state index in [1.165, 1.54) is 0 Å². The zero-order chi connectivity index (χ0) is 16.5. The molecule has 0 radical (unpaired) electrons. The summed E-state index contributed by atoms with van der Waals surface area (Å²) in [5.74, 6) is -1.16. The summed E-state index contributed by atoms with van der Waals surface area (Å²) in [7, 11) is 0. The van der Waals surface area contributed by atoms with Gasteiger partial charge in [-0.25, -0.2) is 4.79 Å². The van der Waals surface area contributed by atoms with Gasteiger partial charge < -0.3 is 20.5 Å². The summed E-state index contributed by atoms with van der Waals surface area (Å²) in [5, 5.41) is 2.48. The smallest absolute Gasteiger partial charge is 0.328 e. The highest BCUT2D eigenvalue weighted by molar-refractivity contribution is 5.99. The Balaban J connectivity index is 0.000000287. The van der Waals surface area contributed by atoms with Gasteiger partial charge in [0, 0.05) is 19.3 Å². The van der Waals surface area contributed by atoms with E-state index < -0.39 is 17.9 Å². The predicted molar refractivity (Wildman–Crippen MR) is 75.6 cm³/mol. The van der Waals surface area contributed by atoms with Gasteiger partial charge in [0.25, 0.3) is 0 Å². The zero-order valence-corrected chi connectivity index (χ0v) is 12.6. The minimum Gasteiger partial charge on any atom is -0.464 e. The Hall–Kier alpha value is -1.96. The van der Waals surface area contributed by atoms with E-state index in [9.17, 15) is 19.2 Å². The molecule has 2 atom stereocenters. The SMILES string of the molecule is CCCC(=O)CC(=O)N[C@H]1CCOC1=O.N[C@H]1CCOC1=O. The third-order valence-corrected chi connectivity index (χ3v) is 3.13. The summed E-state index contributed by atoms with van der Waals surface area (Å²) in [5.41, 5.74) is 5.20. The average molecular weight is 314 g/mol. The molecule has 2 aliphatic heterocycles. The van der Waals surface area contributed by atoms with Crippen LogP contribution >= 0.6 is 0 Å². The van der Waals surface area contributed by atoms with Crippen LogP contribution in [0.4, 0.5) is 0 Å². The topological polar surface area (TPSA) is 125 Å². The number of carbonyl (C=O) groups excluding carboxylic acids is 4. The Morgan fingerprint density at radius 2 is 1.82 bits per heavy atom. The van der Waals surface area contributed by atoms with E-state index in [2.05, 4.69) is 14.8 Å². The van der Waals surface area contributed by atoms with Crippen molar-refractivity contribution >= 4 is 23.6 Å². The molecule has 0 bridgehead atoms. The minimum absolute atomic E-state index is 0.0960. The average Bonchev–Trinajstić information content (AvgIpc) is 3.01. The molecule has 3 N–H and O–H groups in total. The van der Waals surface area contributed by atoms with Crippen molar-refractivity contribution in [2.45, 2.75) is 51.1 Å². The van der Waals surface area contributed by atoms with Crippen molar-refractivity contribution in [2.24, 2.45) is 5.73 Å². The molecule has 1 amide bonds. The normalized spacial score (nSPS) is 23.2. The fraction of sp³-hybridized carbons (Fsp3) is 0.714. The summed E-state index contributed by atoms with van der Waals surface area (Å²) < 4.78 is 9.18. The molecule has 0 aromatic heterocycles. The van der Waals surface area contributed by atoms with Gasteiger partial charge in [0.05, 0.1) is 19.6 Å². The number of ketones is 1. The standard InChI is InChI=1S/C10H15NO4.C4H7NO2/c1-2-3-7(12)6-9(13)11-8-4-5-15-10(8)14;5-3-1-2-7-4(3)6/h8H,2-6H2,1H3,(H,11,13);3H,1-2,5H2/t8-;3-/m00/s1. The van der Waals surface area contributed by atoms with E-state index in [0.717, 1.165) is 6.42 Å². The van der Waals surface area contributed by atoms with E-state index in [-0.39, 0.29) is 24.2 Å². The predicted octanol–water partition coefficient (Wildman–Crippen LogP) is -0.562. The highest BCUT2D eigenvalue weighted by atomic mass is 16.5. The van der Waals surface area contributed by atoms with E-state index in [1.807, 2.05) is 6.92 Å². The third-order valence-electron chi connectivity index (χ3n) is 3.13. The molecule has 2 fully saturated rings. The molecule has 22 heavy (non-hydrogen) atoms. The van der Waals surface area contributed by atoms with Crippen LogP contribution in [0.15, 0.2) is 0 Å². The van der Waals surface area contributed by atoms with Gasteiger partial charge in [-0.1, -0.05) is 6.92 Å². The van der Waals surface area contributed by atoms with Crippen LogP contribution in [0, 0.1) is 0 Å². The fourth-order valence-corrected chi connectivity index (χ4v) is 1.93. The molecule has 8 heteroatoms. The summed E-state index contributed by atoms with van der Waals surface area (Å²) in [6.45, 7) is 2.72. The van der Waals surface area contributed by atoms with Crippen LogP contribution in [0.5, 0.6) is 0 Å². The maximum Gasteiger partial charge on any atom is 0.328 e. The van der Waals surface area contributed by atoms with Gasteiger partial charge in [0.1, 0.15) is 17.9 Å². The number of carbonyl (C=O) groups is 4. The second-order valence-electron chi connectivity index (χ2n) is 5.10. The molecule has 124 valence electrons. The largest absolute Gasteiger partial charge is 0.464 e. The van der Waals surface area contributed by atoms with Crippen LogP contribution in [0.1, 0.15) is 39.0 Å². The molecule has 0 aromatic carbocycles. The van der Waals surface area contributed by atoms with Gasteiger partial charge in [-0.05, 0) is 6.42 Å². The van der Waals surface area contributed by atoms with Crippen LogP contribution < -0.4 is 11.1 Å². The molecule has 2 rings (SSSR count). The molecule has 0 aliphatic carbocycles. The van der Waals surface area contributed by atoms with E-state index in [1.54, 1.807) is 0 Å². The lowest BCUT2D eigenvalue weighted by Crippen LogP contribution is -2.38. The molecule has 2 saturated heterocycles. The lowest BCUT2D eigenvalue weighted by atomic mass is 10.1. The van der Waals surface area contributed by atoms with Gasteiger partial charge in [0.15, 0.2) is 0 Å². The van der Waals surface area contributed by atoms with Crippen molar-refractivity contribution in [1.29, 1.82) is 0 Å². The van der Waals surface area contributed by atoms with E-state index in [4.69, 9.17) is 5.73 Å². The first-order valence-corrected chi connectivity index (χ1v) is 7.34. The lowest BCUT2D eigenvalue weighted by Gasteiger charge is -2.07. The number of rotatable bonds is 5. The Kier molecular flexibility index (Phi) is 7.51. The number of hydrogen-bond acceptors (Lipinski definition) is 7. The third kappa shape index (κ3) is 6.21. The van der Waals surface area contributed by atoms with Crippen molar-refractivity contribution in [3.63, 3.8) is 0 Å². The quantitative estimate of drug-likeness (QED) is 0.514. The summed E-state index contributed by atoms with van der Waals surface area (Å²) >= 11 is 0. The maximum absolute atomic E-state index is 11.3. The van der Waals surface area contributed by atoms with Crippen LogP contribution in [-0.4, -0.2) is 48.9 Å². The number of nitrogens with two attached hydrogens (primary N) is 1. The highest BCUT2D eigenvalue weighted by Gasteiger charge is 2.28. The van der Waals surface area contributed by atoms with Crippen LogP contribution in [0.3, 0.4) is 0 Å². The number of cyclic esters (lactones) is 2. The van der Waals surface area contributed by atoms with Crippen molar-refractivity contribution in [3.05, 3.63) is 0 Å². The molecular weight excluding hydrogens is 292 g/mol. The number of Topliss-reactive ketones (excluding diaryl/α,β-unsaturated/α-hetero) is 1. The summed E-state index contributed by atoms with van der Waals surface area (Å²) in [4.78, 5) is 43.6. The first-order valence-electron chi connectivity index (χ1n) is 7.34. The Morgan fingerprint density at radius 1 is 1.18 bits per heavy atom. The molecule has 0 unspecified atom stereocenters. The van der Waals surface area contributed by atoms with Crippen LogP contribution in [0.25, 0.3) is 0 Å². The lowest BCUT2D eigenvalue weighted by molar-refractivity contribution is -0.142. The number of ether oxygens (including phenoxy) is 2. The molecule has 0 spiro atoms. The number of esters is 2. The molecular formula is C14H22N2O6. The number of hydrogen-bond donors (Lipinski definition) is 2. The van der Waals surface area contributed by atoms with Crippen molar-refractivity contribution < 1.29 is 28.7 Å². The van der Waals surface area contributed by atoms with Gasteiger partial charge in [0.2, 0.25) is 5.91 Å². The van der Waals surface area contributed by atoms with Crippen LogP contribution in [0.2, 0.25) is 0 Å². The second-order valence-corrected chi connectivity index (χ2v) is 5.10. The van der Waals surface area contributed by atoms with Crippen molar-refractivity contribution in [3.8, 4) is 0 Å². The molecule has 8 nitrogen and oxygen atoms in total. The highest BCUT2D eigenvalue weighted by Crippen LogP contribution is 2.06. The first kappa shape index (κ1) is 18.1. The summed E-state index contributed by atoms with van der Waals surface area (Å²) in [6.07, 6.45) is 2.17. The van der Waals surface area contributed by atoms with Gasteiger partial charge in [-0.3, -0.25) is 14.4 Å². The number of amides is 1. The molecule has 2 aliphatic rings. The van der Waals surface area contributed by atoms with Crippen LogP contribution in [-0.2, 0) is 28.7 Å². The van der Waals surface area contributed by atoms with E-state index >= 15 is 0 Å². The van der Waals surface area contributed by atoms with Gasteiger partial charge in [-0.15, -0.1) is 0 Å². The van der Waals surface area contributed by atoms with Gasteiger partial charge in [-0.2, -0.15) is 0 Å². The monoisotopic (exact) mass is 314 g/mol. The second kappa shape index (κ2) is 9.14. The van der Waals surface area contributed by atoms with Crippen molar-refractivity contribution in [2.75, 3.05) is 13.2 Å². The Labute approximate surface area is 128 Å². The van der Waals surface area contributed by atoms with Gasteiger partial charge >= 0.3 is 11.9 Å².